The van der Waals surface area contributed by atoms with Gasteiger partial charge in [0.05, 0.1) is 25.4 Å². The van der Waals surface area contributed by atoms with Crippen molar-refractivity contribution in [1.29, 1.82) is 0 Å². The van der Waals surface area contributed by atoms with Gasteiger partial charge in [-0.25, -0.2) is 0 Å². The molecular weight excluding hydrogens is 378 g/mol. The van der Waals surface area contributed by atoms with E-state index in [4.69, 9.17) is 34.0 Å². The second-order valence-corrected chi connectivity index (χ2v) is 6.76. The Morgan fingerprint density at radius 2 is 1.61 bits per heavy atom. The summed E-state index contributed by atoms with van der Waals surface area (Å²) >= 11 is 0. The average molecular weight is 407 g/mol. The van der Waals surface area contributed by atoms with Crippen molar-refractivity contribution in [1.82, 2.24) is 0 Å². The fourth-order valence-electron chi connectivity index (χ4n) is 3.60. The number of hydrogen-bond acceptors (Lipinski definition) is 10. The zero-order valence-electron chi connectivity index (χ0n) is 16.3. The summed E-state index contributed by atoms with van der Waals surface area (Å²) in [7, 11) is 4.27. The highest BCUT2D eigenvalue weighted by Crippen LogP contribution is 2.31. The van der Waals surface area contributed by atoms with Gasteiger partial charge in [-0.2, -0.15) is 0 Å². The molecule has 0 spiro atoms. The quantitative estimate of drug-likeness (QED) is 0.259. The maximum atomic E-state index is 10.8. The summed E-state index contributed by atoms with van der Waals surface area (Å²) in [5.41, 5.74) is 8.51. The van der Waals surface area contributed by atoms with Gasteiger partial charge in [0.1, 0.15) is 42.7 Å². The Hall–Kier alpha value is -1.05. The zero-order chi connectivity index (χ0) is 20.8. The Labute approximate surface area is 162 Å². The lowest BCUT2D eigenvalue weighted by molar-refractivity contribution is -0.341. The van der Waals surface area contributed by atoms with Crippen LogP contribution in [0.2, 0.25) is 0 Å². The first-order chi connectivity index (χ1) is 13.4. The molecule has 0 aromatic heterocycles. The van der Waals surface area contributed by atoms with Crippen LogP contribution in [-0.4, -0.2) is 111 Å². The van der Waals surface area contributed by atoms with Crippen LogP contribution in [0.5, 0.6) is 0 Å². The van der Waals surface area contributed by atoms with E-state index in [0.717, 1.165) is 0 Å². The van der Waals surface area contributed by atoms with Gasteiger partial charge in [0, 0.05) is 26.2 Å². The van der Waals surface area contributed by atoms with E-state index in [0.29, 0.717) is 0 Å². The van der Waals surface area contributed by atoms with Crippen molar-refractivity contribution < 1.29 is 43.7 Å². The molecule has 162 valence electrons. The highest BCUT2D eigenvalue weighted by molar-refractivity contribution is 4.96. The summed E-state index contributed by atoms with van der Waals surface area (Å²) in [5.74, 6) is 0. The van der Waals surface area contributed by atoms with Crippen LogP contribution >= 0.6 is 0 Å². The van der Waals surface area contributed by atoms with E-state index >= 15 is 0 Å². The lowest BCUT2D eigenvalue weighted by Gasteiger charge is -2.47. The predicted molar refractivity (Wildman–Crippen MR) is 93.4 cm³/mol. The van der Waals surface area contributed by atoms with Crippen LogP contribution in [0, 0.1) is 0 Å². The maximum Gasteiger partial charge on any atom is 0.187 e. The lowest BCUT2D eigenvalue weighted by Crippen LogP contribution is -2.64. The fourth-order valence-corrected chi connectivity index (χ4v) is 3.60. The van der Waals surface area contributed by atoms with E-state index < -0.39 is 61.2 Å². The van der Waals surface area contributed by atoms with Crippen molar-refractivity contribution >= 4 is 0 Å². The molecule has 5 unspecified atom stereocenters. The molecule has 0 aromatic rings. The minimum atomic E-state index is -1.36. The molecule has 10 atom stereocenters. The summed E-state index contributed by atoms with van der Waals surface area (Å²) in [6, 6.07) is 0. The Kier molecular flexibility index (Phi) is 8.83. The molecule has 3 N–H and O–H groups in total. The van der Waals surface area contributed by atoms with Gasteiger partial charge >= 0.3 is 0 Å². The first kappa shape index (κ1) is 23.2. The minimum absolute atomic E-state index is 0.139. The van der Waals surface area contributed by atoms with E-state index in [-0.39, 0.29) is 13.2 Å². The summed E-state index contributed by atoms with van der Waals surface area (Å²) in [6.45, 7) is 1.69. The normalized spacial score (nSPS) is 44.1. The minimum Gasteiger partial charge on any atom is -0.388 e. The molecule has 2 aliphatic rings. The van der Waals surface area contributed by atoms with Crippen LogP contribution in [0.25, 0.3) is 10.4 Å². The third-order valence-corrected chi connectivity index (χ3v) is 5.03. The lowest BCUT2D eigenvalue weighted by atomic mass is 9.94. The molecule has 2 saturated heterocycles. The molecule has 0 amide bonds. The molecule has 0 aromatic carbocycles. The zero-order valence-corrected chi connectivity index (χ0v) is 16.3. The van der Waals surface area contributed by atoms with Crippen LogP contribution < -0.4 is 0 Å². The summed E-state index contributed by atoms with van der Waals surface area (Å²) in [4.78, 5) is 2.63. The van der Waals surface area contributed by atoms with Crippen molar-refractivity contribution in [2.24, 2.45) is 5.11 Å². The number of aliphatic hydroxyl groups excluding tert-OH is 3. The average Bonchev–Trinajstić information content (AvgIpc) is 2.67. The molecule has 0 aliphatic carbocycles. The number of methoxy groups -OCH3 is 3. The molecule has 2 fully saturated rings. The van der Waals surface area contributed by atoms with E-state index in [9.17, 15) is 15.3 Å². The Bertz CT molecular complexity index is 533. The van der Waals surface area contributed by atoms with Crippen LogP contribution in [0.4, 0.5) is 0 Å². The van der Waals surface area contributed by atoms with Gasteiger partial charge in [-0.15, -0.1) is 0 Å². The topological polar surface area (TPSA) is 165 Å². The summed E-state index contributed by atoms with van der Waals surface area (Å²) in [6.07, 6.45) is -9.63. The molecule has 0 saturated carbocycles. The molecule has 2 heterocycles. The molecule has 0 bridgehead atoms. The third kappa shape index (κ3) is 4.92. The molecule has 0 radical (unpaired) electrons. The van der Waals surface area contributed by atoms with Crippen molar-refractivity contribution in [2.75, 3.05) is 34.5 Å². The van der Waals surface area contributed by atoms with Gasteiger partial charge < -0.3 is 43.7 Å². The van der Waals surface area contributed by atoms with E-state index in [1.807, 2.05) is 0 Å². The SMILES string of the molecule is COCC1OC(C)C(OC)[C@@H](O)[C@@H]1O[C@@H]1OC(CN=[N+]=[N-])[C@@H](O)[C@H](O)C1OC. The number of nitrogens with zero attached hydrogens (tertiary/aromatic N) is 3. The highest BCUT2D eigenvalue weighted by atomic mass is 16.7. The monoisotopic (exact) mass is 407 g/mol. The van der Waals surface area contributed by atoms with Crippen molar-refractivity contribution in [2.45, 2.75) is 68.1 Å². The largest absolute Gasteiger partial charge is 0.388 e. The number of ether oxygens (including phenoxy) is 6. The van der Waals surface area contributed by atoms with E-state index in [2.05, 4.69) is 10.0 Å². The number of hydrogen-bond donors (Lipinski definition) is 3. The summed E-state index contributed by atoms with van der Waals surface area (Å²) < 4.78 is 33.2. The first-order valence-corrected chi connectivity index (χ1v) is 8.95. The predicted octanol–water partition coefficient (Wildman–Crippen LogP) is -1.05. The Balaban J connectivity index is 2.22. The molecule has 12 heteroatoms. The first-order valence-electron chi connectivity index (χ1n) is 8.95. The third-order valence-electron chi connectivity index (χ3n) is 5.03. The number of aliphatic hydroxyl groups is 3. The van der Waals surface area contributed by atoms with Crippen LogP contribution in [-0.2, 0) is 28.4 Å². The van der Waals surface area contributed by atoms with Gasteiger partial charge in [0.25, 0.3) is 0 Å². The Morgan fingerprint density at radius 3 is 2.18 bits per heavy atom. The second-order valence-electron chi connectivity index (χ2n) is 6.76. The summed E-state index contributed by atoms with van der Waals surface area (Å²) in [5, 5.41) is 34.7. The molecule has 12 nitrogen and oxygen atoms in total. The van der Waals surface area contributed by atoms with E-state index in [1.54, 1.807) is 6.92 Å². The van der Waals surface area contributed by atoms with Crippen molar-refractivity contribution in [3.63, 3.8) is 0 Å². The number of azide groups is 1. The van der Waals surface area contributed by atoms with E-state index in [1.165, 1.54) is 21.3 Å². The number of rotatable bonds is 8. The fraction of sp³-hybridized carbons (Fsp3) is 1.00. The van der Waals surface area contributed by atoms with Crippen LogP contribution in [0.1, 0.15) is 6.92 Å². The molecule has 28 heavy (non-hydrogen) atoms. The van der Waals surface area contributed by atoms with Gasteiger partial charge in [-0.1, -0.05) is 5.11 Å². The van der Waals surface area contributed by atoms with Crippen molar-refractivity contribution in [3.05, 3.63) is 10.4 Å². The van der Waals surface area contributed by atoms with Crippen LogP contribution in [0.3, 0.4) is 0 Å². The molecule has 2 aliphatic heterocycles. The van der Waals surface area contributed by atoms with Gasteiger partial charge in [0.15, 0.2) is 6.29 Å². The van der Waals surface area contributed by atoms with Crippen molar-refractivity contribution in [3.8, 4) is 0 Å². The van der Waals surface area contributed by atoms with Gasteiger partial charge in [-0.05, 0) is 12.5 Å². The standard InChI is InChI=1S/C16H29N3O9/c1-7-13(24-3)12(22)14(9(26-7)6-23-2)28-16-15(25-4)11(21)10(20)8(27-16)5-18-19-17/h7-16,20-22H,5-6H2,1-4H3/t7?,8?,9?,10-,11+,12-,13?,14-,15?,16+/m1/s1. The molecular formula is C16H29N3O9. The second kappa shape index (κ2) is 10.6. The highest BCUT2D eigenvalue weighted by Gasteiger charge is 2.50. The smallest absolute Gasteiger partial charge is 0.187 e. The Morgan fingerprint density at radius 1 is 0.929 bits per heavy atom. The molecule has 2 rings (SSSR count). The van der Waals surface area contributed by atoms with Gasteiger partial charge in [-0.3, -0.25) is 0 Å². The van der Waals surface area contributed by atoms with Gasteiger partial charge in [0.2, 0.25) is 0 Å². The maximum absolute atomic E-state index is 10.8. The van der Waals surface area contributed by atoms with Crippen LogP contribution in [0.15, 0.2) is 5.11 Å².